The van der Waals surface area contributed by atoms with Crippen LogP contribution in [-0.4, -0.2) is 41.6 Å². The normalized spacial score (nSPS) is 28.9. The number of benzene rings is 3. The zero-order valence-corrected chi connectivity index (χ0v) is 25.1. The van der Waals surface area contributed by atoms with Crippen molar-refractivity contribution in [2.75, 3.05) is 16.9 Å². The summed E-state index contributed by atoms with van der Waals surface area (Å²) in [5.74, 6) is -4.39. The van der Waals surface area contributed by atoms with Crippen LogP contribution in [0.2, 0.25) is 0 Å². The van der Waals surface area contributed by atoms with Crippen molar-refractivity contribution in [2.45, 2.75) is 32.6 Å². The van der Waals surface area contributed by atoms with Crippen LogP contribution in [0.15, 0.2) is 84.4 Å². The van der Waals surface area contributed by atoms with E-state index >= 15 is 0 Å². The summed E-state index contributed by atoms with van der Waals surface area (Å²) in [5.41, 5.74) is 1.57. The Kier molecular flexibility index (Phi) is 6.54. The Labute approximate surface area is 260 Å². The van der Waals surface area contributed by atoms with E-state index in [1.165, 1.54) is 36.0 Å². The summed E-state index contributed by atoms with van der Waals surface area (Å²) in [5, 5.41) is 10.3. The Balaban J connectivity index is 1.36. The number of hydrogen-bond acceptors (Lipinski definition) is 7. The van der Waals surface area contributed by atoms with E-state index < -0.39 is 35.0 Å². The Morgan fingerprint density at radius 2 is 1.56 bits per heavy atom. The van der Waals surface area contributed by atoms with Crippen LogP contribution in [0.1, 0.15) is 48.5 Å². The molecule has 9 heteroatoms. The van der Waals surface area contributed by atoms with E-state index in [4.69, 9.17) is 4.74 Å². The van der Waals surface area contributed by atoms with Gasteiger partial charge in [-0.3, -0.25) is 28.9 Å². The molecule has 7 rings (SSSR count). The minimum Gasteiger partial charge on any atom is -0.508 e. The number of nitrogens with zero attached hydrogens (tertiary/aromatic N) is 2. The molecule has 0 aromatic heterocycles. The number of allylic oxidation sites excluding steroid dienone is 2. The van der Waals surface area contributed by atoms with E-state index in [1.54, 1.807) is 54.6 Å². The molecule has 45 heavy (non-hydrogen) atoms. The van der Waals surface area contributed by atoms with Gasteiger partial charge in [-0.15, -0.1) is 0 Å². The second-order valence-electron chi connectivity index (χ2n) is 12.5. The maximum Gasteiger partial charge on any atom is 0.241 e. The van der Waals surface area contributed by atoms with Crippen molar-refractivity contribution < 1.29 is 33.8 Å². The van der Waals surface area contributed by atoms with Crippen LogP contribution in [-0.2, 0) is 19.2 Å². The van der Waals surface area contributed by atoms with Crippen LogP contribution >= 0.6 is 0 Å². The number of Topliss-reactive ketones (excluding diaryl/α,β-unsaturated/α-hetero) is 1. The number of phenols is 1. The van der Waals surface area contributed by atoms with Gasteiger partial charge < -0.3 is 9.84 Å². The lowest BCUT2D eigenvalue weighted by Gasteiger charge is -2.49. The maximum absolute atomic E-state index is 14.5. The molecule has 2 saturated heterocycles. The summed E-state index contributed by atoms with van der Waals surface area (Å²) in [6.07, 6.45) is 2.50. The number of carbonyl (C=O) groups is 5. The number of imide groups is 2. The Hall–Kier alpha value is -5.05. The summed E-state index contributed by atoms with van der Waals surface area (Å²) in [7, 11) is 1.48. The second kappa shape index (κ2) is 10.3. The summed E-state index contributed by atoms with van der Waals surface area (Å²) >= 11 is 0. The number of fused-ring (bicyclic) bond motifs is 4. The van der Waals surface area contributed by atoms with Crippen molar-refractivity contribution in [2.24, 2.45) is 29.1 Å². The molecule has 1 N–H and O–H groups in total. The van der Waals surface area contributed by atoms with Crippen molar-refractivity contribution in [1.82, 2.24) is 0 Å². The average Bonchev–Trinajstić information content (AvgIpc) is 3.41. The van der Waals surface area contributed by atoms with Crippen LogP contribution in [0, 0.1) is 29.1 Å². The monoisotopic (exact) mass is 604 g/mol. The lowest BCUT2D eigenvalue weighted by molar-refractivity contribution is -0.131. The molecule has 2 aliphatic carbocycles. The van der Waals surface area contributed by atoms with Crippen molar-refractivity contribution in [1.29, 1.82) is 0 Å². The predicted molar refractivity (Wildman–Crippen MR) is 165 cm³/mol. The highest BCUT2D eigenvalue weighted by Crippen LogP contribution is 2.64. The zero-order valence-electron chi connectivity index (χ0n) is 25.1. The molecule has 1 saturated carbocycles. The number of carbonyl (C=O) groups excluding carboxylic acids is 5. The molecular formula is C36H32N2O7. The molecular weight excluding hydrogens is 572 g/mol. The van der Waals surface area contributed by atoms with Gasteiger partial charge in [0.05, 0.1) is 41.7 Å². The highest BCUT2D eigenvalue weighted by atomic mass is 16.5. The lowest BCUT2D eigenvalue weighted by atomic mass is 9.51. The van der Waals surface area contributed by atoms with Gasteiger partial charge in [0, 0.05) is 23.1 Å². The number of rotatable bonds is 5. The SMILES string of the molecule is COc1cc(O)ccc1C1C2=CCC3C(=O)N(c4ccc(C(C)=O)cc4)C(=O)C3C2CC2C(=O)N(c3ccccc3)C(=O)C21C. The molecule has 4 amide bonds. The van der Waals surface area contributed by atoms with Crippen LogP contribution in [0.5, 0.6) is 11.5 Å². The van der Waals surface area contributed by atoms with Gasteiger partial charge in [-0.2, -0.15) is 0 Å². The number of hydrogen-bond donors (Lipinski definition) is 1. The number of ketones is 1. The molecule has 4 aliphatic rings. The van der Waals surface area contributed by atoms with Gasteiger partial charge in [-0.1, -0.05) is 35.9 Å². The number of anilines is 2. The minimum atomic E-state index is -1.22. The molecule has 3 aromatic rings. The van der Waals surface area contributed by atoms with Crippen LogP contribution in [0.3, 0.4) is 0 Å². The van der Waals surface area contributed by atoms with Gasteiger partial charge in [0.15, 0.2) is 5.78 Å². The van der Waals surface area contributed by atoms with E-state index in [0.29, 0.717) is 34.7 Å². The van der Waals surface area contributed by atoms with Crippen molar-refractivity contribution in [3.8, 4) is 11.5 Å². The molecule has 2 heterocycles. The van der Waals surface area contributed by atoms with E-state index in [2.05, 4.69) is 0 Å². The smallest absolute Gasteiger partial charge is 0.241 e. The molecule has 0 radical (unpaired) electrons. The zero-order chi connectivity index (χ0) is 31.8. The third-order valence-electron chi connectivity index (χ3n) is 10.3. The Morgan fingerprint density at radius 1 is 0.867 bits per heavy atom. The standard InChI is InChI=1S/C36H32N2O7/c1-19(39)20-9-11-22(12-10-20)37-32(41)26-16-15-24-27(30(26)34(37)43)18-28-33(42)38(21-7-5-4-6-8-21)35(44)36(28,2)31(24)25-14-13-23(40)17-29(25)45-3/h4-15,17,26-28,30-31,40H,16,18H2,1-3H3. The van der Waals surface area contributed by atoms with Gasteiger partial charge in [-0.25, -0.2) is 4.90 Å². The fourth-order valence-electron chi connectivity index (χ4n) is 8.22. The van der Waals surface area contributed by atoms with E-state index in [9.17, 15) is 29.1 Å². The fourth-order valence-corrected chi connectivity index (χ4v) is 8.22. The van der Waals surface area contributed by atoms with Gasteiger partial charge in [0.2, 0.25) is 23.6 Å². The third-order valence-corrected chi connectivity index (χ3v) is 10.3. The van der Waals surface area contributed by atoms with E-state index in [-0.39, 0.29) is 41.6 Å². The topological polar surface area (TPSA) is 121 Å². The van der Waals surface area contributed by atoms with Crippen LogP contribution in [0.4, 0.5) is 11.4 Å². The van der Waals surface area contributed by atoms with Crippen molar-refractivity contribution >= 4 is 40.8 Å². The molecule has 3 fully saturated rings. The number of ether oxygens (including phenoxy) is 1. The number of phenolic OH excluding ortho intramolecular Hbond substituents is 1. The summed E-state index contributed by atoms with van der Waals surface area (Å²) in [4.78, 5) is 71.1. The lowest BCUT2D eigenvalue weighted by Crippen LogP contribution is -2.49. The number of aromatic hydroxyl groups is 1. The third kappa shape index (κ3) is 4.02. The van der Waals surface area contributed by atoms with Gasteiger partial charge in [-0.05, 0) is 75.1 Å². The van der Waals surface area contributed by atoms with Gasteiger partial charge in [0.1, 0.15) is 11.5 Å². The number of para-hydroxylation sites is 1. The summed E-state index contributed by atoms with van der Waals surface area (Å²) in [6.45, 7) is 3.26. The van der Waals surface area contributed by atoms with Crippen molar-refractivity contribution in [3.05, 3.63) is 95.6 Å². The molecule has 0 bridgehead atoms. The average molecular weight is 605 g/mol. The molecule has 9 nitrogen and oxygen atoms in total. The number of methoxy groups -OCH3 is 1. The van der Waals surface area contributed by atoms with E-state index in [0.717, 1.165) is 5.57 Å². The van der Waals surface area contributed by atoms with Crippen LogP contribution < -0.4 is 14.5 Å². The van der Waals surface area contributed by atoms with Crippen LogP contribution in [0.25, 0.3) is 0 Å². The fraction of sp³-hybridized carbons (Fsp3) is 0.306. The number of amides is 4. The molecule has 2 aliphatic heterocycles. The summed E-state index contributed by atoms with van der Waals surface area (Å²) in [6, 6.07) is 19.9. The van der Waals surface area contributed by atoms with Gasteiger partial charge >= 0.3 is 0 Å². The highest BCUT2D eigenvalue weighted by molar-refractivity contribution is 6.25. The highest BCUT2D eigenvalue weighted by Gasteiger charge is 2.68. The Bertz CT molecular complexity index is 1810. The quantitative estimate of drug-likeness (QED) is 0.246. The molecule has 3 aromatic carbocycles. The van der Waals surface area contributed by atoms with E-state index in [1.807, 2.05) is 19.1 Å². The molecule has 228 valence electrons. The first-order valence-corrected chi connectivity index (χ1v) is 15.1. The maximum atomic E-state index is 14.5. The first kappa shape index (κ1) is 28.7. The van der Waals surface area contributed by atoms with Crippen molar-refractivity contribution in [3.63, 3.8) is 0 Å². The second-order valence-corrected chi connectivity index (χ2v) is 12.5. The first-order valence-electron chi connectivity index (χ1n) is 15.1. The largest absolute Gasteiger partial charge is 0.508 e. The summed E-state index contributed by atoms with van der Waals surface area (Å²) < 4.78 is 5.70. The Morgan fingerprint density at radius 3 is 2.22 bits per heavy atom. The molecule has 6 atom stereocenters. The predicted octanol–water partition coefficient (Wildman–Crippen LogP) is 5.04. The molecule has 0 spiro atoms. The minimum absolute atomic E-state index is 0.00918. The molecule has 6 unspecified atom stereocenters. The van der Waals surface area contributed by atoms with Gasteiger partial charge in [0.25, 0.3) is 0 Å². The first-order chi connectivity index (χ1) is 21.6.